The zero-order chi connectivity index (χ0) is 19.8. The molecule has 0 atom stereocenters. The van der Waals surface area contributed by atoms with Gasteiger partial charge in [0, 0.05) is 11.3 Å². The van der Waals surface area contributed by atoms with E-state index in [1.807, 2.05) is 13.8 Å². The van der Waals surface area contributed by atoms with Crippen molar-refractivity contribution in [2.45, 2.75) is 18.7 Å². The molecule has 9 heteroatoms. The second-order valence-corrected chi connectivity index (χ2v) is 7.49. The number of aromatic nitrogens is 2. The van der Waals surface area contributed by atoms with Gasteiger partial charge in [0.2, 0.25) is 10.0 Å². The molecule has 27 heavy (non-hydrogen) atoms. The molecule has 0 fully saturated rings. The van der Waals surface area contributed by atoms with Gasteiger partial charge in [0.15, 0.2) is 0 Å². The number of rotatable bonds is 4. The normalized spacial score (nSPS) is 11.4. The van der Waals surface area contributed by atoms with E-state index in [1.54, 1.807) is 18.2 Å². The average Bonchev–Trinajstić information content (AvgIpc) is 2.61. The molecule has 1 heterocycles. The molecule has 0 spiro atoms. The van der Waals surface area contributed by atoms with Gasteiger partial charge in [-0.15, -0.1) is 0 Å². The number of hydrogen-bond acceptors (Lipinski definition) is 6. The molecule has 2 aromatic carbocycles. The number of carbonyl (C=O) groups excluding carboxylic acids is 1. The van der Waals surface area contributed by atoms with Gasteiger partial charge in [-0.25, -0.2) is 23.5 Å². The predicted molar refractivity (Wildman–Crippen MR) is 101 cm³/mol. The predicted octanol–water partition coefficient (Wildman–Crippen LogP) is 2.15. The SMILES string of the molecule is COc1ccc(NC(=O)c2ccc3nc(C)c(C)nc3c2)cc1S(N)(=O)=O. The van der Waals surface area contributed by atoms with E-state index in [-0.39, 0.29) is 16.3 Å². The van der Waals surface area contributed by atoms with Crippen LogP contribution in [-0.4, -0.2) is 31.4 Å². The lowest BCUT2D eigenvalue weighted by Gasteiger charge is -2.11. The first-order chi connectivity index (χ1) is 12.7. The maximum Gasteiger partial charge on any atom is 0.255 e. The van der Waals surface area contributed by atoms with Crippen LogP contribution in [0.2, 0.25) is 0 Å². The smallest absolute Gasteiger partial charge is 0.255 e. The van der Waals surface area contributed by atoms with Crippen molar-refractivity contribution < 1.29 is 17.9 Å². The molecule has 1 aromatic heterocycles. The second kappa shape index (κ2) is 6.93. The van der Waals surface area contributed by atoms with Crippen molar-refractivity contribution in [1.82, 2.24) is 9.97 Å². The number of primary sulfonamides is 1. The summed E-state index contributed by atoms with van der Waals surface area (Å²) in [5.41, 5.74) is 3.55. The van der Waals surface area contributed by atoms with Crippen LogP contribution in [0.4, 0.5) is 5.69 Å². The lowest BCUT2D eigenvalue weighted by molar-refractivity contribution is 0.102. The molecule has 0 bridgehead atoms. The third-order valence-electron chi connectivity index (χ3n) is 4.07. The van der Waals surface area contributed by atoms with E-state index in [4.69, 9.17) is 9.88 Å². The highest BCUT2D eigenvalue weighted by Gasteiger charge is 2.17. The number of aryl methyl sites for hydroxylation is 2. The van der Waals surface area contributed by atoms with Crippen molar-refractivity contribution in [3.05, 3.63) is 53.3 Å². The van der Waals surface area contributed by atoms with Crippen LogP contribution in [0.5, 0.6) is 5.75 Å². The summed E-state index contributed by atoms with van der Waals surface area (Å²) in [6, 6.07) is 9.18. The number of benzene rings is 2. The first-order valence-corrected chi connectivity index (χ1v) is 9.51. The van der Waals surface area contributed by atoms with E-state index >= 15 is 0 Å². The Bertz CT molecular complexity index is 1160. The fraction of sp³-hybridized carbons (Fsp3) is 0.167. The van der Waals surface area contributed by atoms with Gasteiger partial charge in [0.25, 0.3) is 5.91 Å². The van der Waals surface area contributed by atoms with Crippen LogP contribution in [0.3, 0.4) is 0 Å². The molecule has 3 N–H and O–H groups in total. The largest absolute Gasteiger partial charge is 0.495 e. The molecule has 0 saturated heterocycles. The number of hydrogen-bond donors (Lipinski definition) is 2. The molecule has 8 nitrogen and oxygen atoms in total. The Morgan fingerprint density at radius 2 is 1.70 bits per heavy atom. The zero-order valence-electron chi connectivity index (χ0n) is 15.0. The molecule has 3 aromatic rings. The molecule has 0 unspecified atom stereocenters. The molecule has 1 amide bonds. The third-order valence-corrected chi connectivity index (χ3v) is 5.00. The molecule has 3 rings (SSSR count). The van der Waals surface area contributed by atoms with Crippen LogP contribution in [0.1, 0.15) is 21.7 Å². The topological polar surface area (TPSA) is 124 Å². The molecular weight excluding hydrogens is 368 g/mol. The van der Waals surface area contributed by atoms with E-state index in [0.717, 1.165) is 11.4 Å². The highest BCUT2D eigenvalue weighted by Crippen LogP contribution is 2.26. The first kappa shape index (κ1) is 18.7. The molecule has 0 aliphatic carbocycles. The van der Waals surface area contributed by atoms with Gasteiger partial charge in [-0.05, 0) is 50.2 Å². The number of nitrogens with two attached hydrogens (primary N) is 1. The molecular formula is C18H18N4O4S. The van der Waals surface area contributed by atoms with E-state index in [2.05, 4.69) is 15.3 Å². The van der Waals surface area contributed by atoms with Gasteiger partial charge in [-0.1, -0.05) is 0 Å². The number of amides is 1. The summed E-state index contributed by atoms with van der Waals surface area (Å²) < 4.78 is 28.4. The first-order valence-electron chi connectivity index (χ1n) is 7.96. The highest BCUT2D eigenvalue weighted by atomic mass is 32.2. The average molecular weight is 386 g/mol. The van der Waals surface area contributed by atoms with Crippen LogP contribution in [-0.2, 0) is 10.0 Å². The maximum absolute atomic E-state index is 12.6. The minimum Gasteiger partial charge on any atom is -0.495 e. The number of sulfonamides is 1. The van der Waals surface area contributed by atoms with Gasteiger partial charge >= 0.3 is 0 Å². The van der Waals surface area contributed by atoms with Gasteiger partial charge < -0.3 is 10.1 Å². The number of carbonyl (C=O) groups is 1. The van der Waals surface area contributed by atoms with Crippen LogP contribution in [0, 0.1) is 13.8 Å². The Labute approximate surface area is 156 Å². The number of ether oxygens (including phenoxy) is 1. The van der Waals surface area contributed by atoms with E-state index in [0.29, 0.717) is 16.6 Å². The Hall–Kier alpha value is -3.04. The lowest BCUT2D eigenvalue weighted by atomic mass is 10.1. The maximum atomic E-state index is 12.6. The Morgan fingerprint density at radius 3 is 2.33 bits per heavy atom. The molecule has 140 valence electrons. The molecule has 0 aliphatic heterocycles. The number of nitrogens with zero attached hydrogens (tertiary/aromatic N) is 2. The second-order valence-electron chi connectivity index (χ2n) is 5.96. The van der Waals surface area contributed by atoms with Gasteiger partial charge in [0.1, 0.15) is 10.6 Å². The van der Waals surface area contributed by atoms with E-state index in [9.17, 15) is 13.2 Å². The van der Waals surface area contributed by atoms with Gasteiger partial charge in [0.05, 0.1) is 29.5 Å². The van der Waals surface area contributed by atoms with Crippen LogP contribution in [0.25, 0.3) is 11.0 Å². The summed E-state index contributed by atoms with van der Waals surface area (Å²) in [5, 5.41) is 7.85. The van der Waals surface area contributed by atoms with Gasteiger partial charge in [-0.2, -0.15) is 0 Å². The summed E-state index contributed by atoms with van der Waals surface area (Å²) in [6.45, 7) is 3.72. The Kier molecular flexibility index (Phi) is 4.81. The fourth-order valence-corrected chi connectivity index (χ4v) is 3.28. The number of methoxy groups -OCH3 is 1. The summed E-state index contributed by atoms with van der Waals surface area (Å²) in [4.78, 5) is 21.2. The fourth-order valence-electron chi connectivity index (χ4n) is 2.55. The van der Waals surface area contributed by atoms with Crippen molar-refractivity contribution in [2.75, 3.05) is 12.4 Å². The van der Waals surface area contributed by atoms with E-state index < -0.39 is 15.9 Å². The number of fused-ring (bicyclic) bond motifs is 1. The van der Waals surface area contributed by atoms with Crippen LogP contribution < -0.4 is 15.2 Å². The van der Waals surface area contributed by atoms with Crippen molar-refractivity contribution in [2.24, 2.45) is 5.14 Å². The highest BCUT2D eigenvalue weighted by molar-refractivity contribution is 7.89. The Morgan fingerprint density at radius 1 is 1.04 bits per heavy atom. The summed E-state index contributed by atoms with van der Waals surface area (Å²) in [5.74, 6) is -0.315. The van der Waals surface area contributed by atoms with E-state index in [1.165, 1.54) is 25.3 Å². The third kappa shape index (κ3) is 3.88. The summed E-state index contributed by atoms with van der Waals surface area (Å²) in [7, 11) is -2.67. The van der Waals surface area contributed by atoms with Crippen LogP contribution in [0.15, 0.2) is 41.3 Å². The van der Waals surface area contributed by atoms with Crippen molar-refractivity contribution in [3.8, 4) is 5.75 Å². The number of nitrogens with one attached hydrogen (secondary N) is 1. The zero-order valence-corrected chi connectivity index (χ0v) is 15.8. The summed E-state index contributed by atoms with van der Waals surface area (Å²) in [6.07, 6.45) is 0. The molecule has 0 aliphatic rings. The quantitative estimate of drug-likeness (QED) is 0.708. The van der Waals surface area contributed by atoms with Crippen LogP contribution >= 0.6 is 0 Å². The lowest BCUT2D eigenvalue weighted by Crippen LogP contribution is -2.16. The van der Waals surface area contributed by atoms with Crippen molar-refractivity contribution >= 4 is 32.7 Å². The van der Waals surface area contributed by atoms with Crippen molar-refractivity contribution in [1.29, 1.82) is 0 Å². The monoisotopic (exact) mass is 386 g/mol. The van der Waals surface area contributed by atoms with Gasteiger partial charge in [-0.3, -0.25) is 4.79 Å². The Balaban J connectivity index is 1.93. The number of anilines is 1. The summed E-state index contributed by atoms with van der Waals surface area (Å²) >= 11 is 0. The minimum absolute atomic E-state index is 0.0994. The molecule has 0 saturated carbocycles. The minimum atomic E-state index is -4.00. The van der Waals surface area contributed by atoms with Crippen molar-refractivity contribution in [3.63, 3.8) is 0 Å². The molecule has 0 radical (unpaired) electrons. The standard InChI is InChI=1S/C18H18N4O4S/c1-10-11(2)21-15-8-12(4-6-14(15)20-10)18(23)22-13-5-7-16(26-3)17(9-13)27(19,24)25/h4-9H,1-3H3,(H,22,23)(H2,19,24,25).